The molecule has 0 N–H and O–H groups in total. The summed E-state index contributed by atoms with van der Waals surface area (Å²) in [5.41, 5.74) is 1.39. The van der Waals surface area contributed by atoms with Gasteiger partial charge in [0.25, 0.3) is 0 Å². The number of rotatable bonds is 0. The van der Waals surface area contributed by atoms with E-state index in [1.807, 2.05) is 6.07 Å². The average molecular weight is 138 g/mol. The smallest absolute Gasteiger partial charge is 0.111 e. The second-order valence-electron chi connectivity index (χ2n) is 3.68. The van der Waals surface area contributed by atoms with E-state index < -0.39 is 0 Å². The van der Waals surface area contributed by atoms with Crippen LogP contribution in [0.5, 0.6) is 0 Å². The minimum absolute atomic E-state index is 0.146. The summed E-state index contributed by atoms with van der Waals surface area (Å²) in [7, 11) is 0. The molecule has 0 aliphatic carbocycles. The van der Waals surface area contributed by atoms with Crippen molar-refractivity contribution in [3.8, 4) is 0 Å². The normalized spacial score (nSPS) is 12.0. The van der Waals surface area contributed by atoms with Crippen molar-refractivity contribution in [1.82, 2.24) is 0 Å². The number of furan rings is 1. The highest BCUT2D eigenvalue weighted by Gasteiger charge is 2.18. The molecule has 1 heteroatoms. The molecule has 0 bridgehead atoms. The molecular formula is C9H14O. The molecule has 0 spiro atoms. The maximum absolute atomic E-state index is 5.33. The largest absolute Gasteiger partial charge is 0.469 e. The first-order chi connectivity index (χ1) is 4.52. The van der Waals surface area contributed by atoms with E-state index >= 15 is 0 Å². The molecule has 0 saturated heterocycles. The van der Waals surface area contributed by atoms with Gasteiger partial charge in [0.2, 0.25) is 0 Å². The Hall–Kier alpha value is -0.720. The number of hydrogen-bond acceptors (Lipinski definition) is 1. The SMILES string of the molecule is Cc1ccoc1C(C)(C)C. The van der Waals surface area contributed by atoms with Crippen LogP contribution in [0.15, 0.2) is 16.7 Å². The minimum Gasteiger partial charge on any atom is -0.469 e. The Morgan fingerprint density at radius 3 is 2.10 bits per heavy atom. The first-order valence-electron chi connectivity index (χ1n) is 3.56. The first kappa shape index (κ1) is 7.39. The van der Waals surface area contributed by atoms with Gasteiger partial charge in [0, 0.05) is 5.41 Å². The van der Waals surface area contributed by atoms with E-state index in [4.69, 9.17) is 4.42 Å². The molecular weight excluding hydrogens is 124 g/mol. The Balaban J connectivity index is 3.05. The average Bonchev–Trinajstić information content (AvgIpc) is 2.11. The lowest BCUT2D eigenvalue weighted by atomic mass is 9.91. The zero-order chi connectivity index (χ0) is 7.78. The molecule has 10 heavy (non-hydrogen) atoms. The molecule has 0 aliphatic rings. The van der Waals surface area contributed by atoms with Crippen LogP contribution in [-0.4, -0.2) is 0 Å². The van der Waals surface area contributed by atoms with Crippen molar-refractivity contribution in [3.63, 3.8) is 0 Å². The standard InChI is InChI=1S/C9H14O/c1-7-5-6-10-8(7)9(2,3)4/h5-6H,1-4H3. The van der Waals surface area contributed by atoms with Crippen molar-refractivity contribution in [2.24, 2.45) is 0 Å². The highest BCUT2D eigenvalue weighted by molar-refractivity contribution is 5.21. The van der Waals surface area contributed by atoms with Gasteiger partial charge in [0.05, 0.1) is 6.26 Å². The summed E-state index contributed by atoms with van der Waals surface area (Å²) in [5, 5.41) is 0. The molecule has 0 aliphatic heterocycles. The summed E-state index contributed by atoms with van der Waals surface area (Å²) in [6.45, 7) is 8.53. The molecule has 1 rings (SSSR count). The van der Waals surface area contributed by atoms with Crippen LogP contribution in [0, 0.1) is 6.92 Å². The van der Waals surface area contributed by atoms with E-state index in [0.717, 1.165) is 5.76 Å². The topological polar surface area (TPSA) is 13.1 Å². The lowest BCUT2D eigenvalue weighted by Gasteiger charge is -2.15. The predicted octanol–water partition coefficient (Wildman–Crippen LogP) is 2.89. The van der Waals surface area contributed by atoms with Crippen molar-refractivity contribution in [3.05, 3.63) is 23.7 Å². The van der Waals surface area contributed by atoms with Gasteiger partial charge in [-0.15, -0.1) is 0 Å². The second-order valence-corrected chi connectivity index (χ2v) is 3.68. The number of aryl methyl sites for hydroxylation is 1. The summed E-state index contributed by atoms with van der Waals surface area (Å²) in [4.78, 5) is 0. The molecule has 0 aromatic carbocycles. The molecule has 56 valence electrons. The van der Waals surface area contributed by atoms with Crippen LogP contribution >= 0.6 is 0 Å². The summed E-state index contributed by atoms with van der Waals surface area (Å²) >= 11 is 0. The Labute approximate surface area is 62.1 Å². The quantitative estimate of drug-likeness (QED) is 0.537. The zero-order valence-electron chi connectivity index (χ0n) is 7.06. The van der Waals surface area contributed by atoms with Crippen molar-refractivity contribution in [1.29, 1.82) is 0 Å². The Morgan fingerprint density at radius 2 is 1.90 bits per heavy atom. The second kappa shape index (κ2) is 2.15. The fourth-order valence-corrected chi connectivity index (χ4v) is 1.14. The third kappa shape index (κ3) is 1.23. The van der Waals surface area contributed by atoms with Gasteiger partial charge < -0.3 is 4.42 Å². The molecule has 0 radical (unpaired) electrons. The maximum Gasteiger partial charge on any atom is 0.111 e. The fraction of sp³-hybridized carbons (Fsp3) is 0.556. The van der Waals surface area contributed by atoms with Crippen LogP contribution in [0.25, 0.3) is 0 Å². The molecule has 1 aromatic rings. The van der Waals surface area contributed by atoms with Crippen LogP contribution in [-0.2, 0) is 5.41 Å². The van der Waals surface area contributed by atoms with Crippen LogP contribution in [0.1, 0.15) is 32.1 Å². The highest BCUT2D eigenvalue weighted by atomic mass is 16.3. The van der Waals surface area contributed by atoms with Gasteiger partial charge >= 0.3 is 0 Å². The Kier molecular flexibility index (Phi) is 1.59. The van der Waals surface area contributed by atoms with Crippen LogP contribution < -0.4 is 0 Å². The van der Waals surface area contributed by atoms with E-state index in [-0.39, 0.29) is 5.41 Å². The minimum atomic E-state index is 0.146. The zero-order valence-corrected chi connectivity index (χ0v) is 7.06. The third-order valence-corrected chi connectivity index (χ3v) is 1.54. The maximum atomic E-state index is 5.33. The molecule has 1 aromatic heterocycles. The monoisotopic (exact) mass is 138 g/mol. The molecule has 0 unspecified atom stereocenters. The van der Waals surface area contributed by atoms with Gasteiger partial charge in [-0.25, -0.2) is 0 Å². The Bertz CT molecular complexity index is 215. The lowest BCUT2D eigenvalue weighted by Crippen LogP contribution is -2.10. The van der Waals surface area contributed by atoms with Crippen LogP contribution in [0.3, 0.4) is 0 Å². The lowest BCUT2D eigenvalue weighted by molar-refractivity contribution is 0.406. The van der Waals surface area contributed by atoms with Crippen molar-refractivity contribution in [2.75, 3.05) is 0 Å². The molecule has 0 atom stereocenters. The van der Waals surface area contributed by atoms with Crippen molar-refractivity contribution < 1.29 is 4.42 Å². The van der Waals surface area contributed by atoms with Crippen molar-refractivity contribution in [2.45, 2.75) is 33.1 Å². The van der Waals surface area contributed by atoms with Crippen molar-refractivity contribution >= 4 is 0 Å². The summed E-state index contributed by atoms with van der Waals surface area (Å²) < 4.78 is 5.33. The predicted molar refractivity (Wildman–Crippen MR) is 42.1 cm³/mol. The van der Waals surface area contributed by atoms with Gasteiger partial charge in [-0.3, -0.25) is 0 Å². The van der Waals surface area contributed by atoms with Crippen LogP contribution in [0.2, 0.25) is 0 Å². The first-order valence-corrected chi connectivity index (χ1v) is 3.56. The van der Waals surface area contributed by atoms with Gasteiger partial charge in [0.1, 0.15) is 5.76 Å². The van der Waals surface area contributed by atoms with Gasteiger partial charge in [0.15, 0.2) is 0 Å². The van der Waals surface area contributed by atoms with Gasteiger partial charge in [-0.1, -0.05) is 20.8 Å². The van der Waals surface area contributed by atoms with E-state index in [0.29, 0.717) is 0 Å². The van der Waals surface area contributed by atoms with Crippen LogP contribution in [0.4, 0.5) is 0 Å². The van der Waals surface area contributed by atoms with E-state index in [1.54, 1.807) is 6.26 Å². The molecule has 0 fully saturated rings. The summed E-state index contributed by atoms with van der Waals surface area (Å²) in [6.07, 6.45) is 1.75. The number of hydrogen-bond donors (Lipinski definition) is 0. The van der Waals surface area contributed by atoms with E-state index in [9.17, 15) is 0 Å². The van der Waals surface area contributed by atoms with E-state index in [1.165, 1.54) is 5.56 Å². The molecule has 0 saturated carbocycles. The molecule has 1 heterocycles. The highest BCUT2D eigenvalue weighted by Crippen LogP contribution is 2.25. The third-order valence-electron chi connectivity index (χ3n) is 1.54. The summed E-state index contributed by atoms with van der Waals surface area (Å²) in [5.74, 6) is 1.09. The van der Waals surface area contributed by atoms with E-state index in [2.05, 4.69) is 27.7 Å². The molecule has 1 nitrogen and oxygen atoms in total. The van der Waals surface area contributed by atoms with Gasteiger partial charge in [-0.2, -0.15) is 0 Å². The fourth-order valence-electron chi connectivity index (χ4n) is 1.14. The van der Waals surface area contributed by atoms with Gasteiger partial charge in [-0.05, 0) is 18.6 Å². The Morgan fingerprint density at radius 1 is 1.30 bits per heavy atom. The summed E-state index contributed by atoms with van der Waals surface area (Å²) in [6, 6.07) is 2.00. The molecule has 0 amide bonds.